The number of aliphatic imine (C=N–C) groups is 1. The summed E-state index contributed by atoms with van der Waals surface area (Å²) in [6.07, 6.45) is 2.06. The van der Waals surface area contributed by atoms with Crippen LogP contribution in [0, 0.1) is 0 Å². The van der Waals surface area contributed by atoms with Crippen LogP contribution < -0.4 is 15.4 Å². The van der Waals surface area contributed by atoms with Crippen LogP contribution in [0.2, 0.25) is 0 Å². The molecule has 0 unspecified atom stereocenters. The molecule has 0 radical (unpaired) electrons. The summed E-state index contributed by atoms with van der Waals surface area (Å²) in [5.74, 6) is 1.69. The molecule has 0 bridgehead atoms. The van der Waals surface area contributed by atoms with Gasteiger partial charge in [-0.1, -0.05) is 18.2 Å². The summed E-state index contributed by atoms with van der Waals surface area (Å²) in [4.78, 5) is 6.60. The van der Waals surface area contributed by atoms with Gasteiger partial charge in [0.2, 0.25) is 0 Å². The number of nitrogens with zero attached hydrogens (tertiary/aromatic N) is 2. The third-order valence-corrected chi connectivity index (χ3v) is 4.59. The van der Waals surface area contributed by atoms with Gasteiger partial charge in [0.25, 0.3) is 0 Å². The highest BCUT2D eigenvalue weighted by atomic mass is 127. The van der Waals surface area contributed by atoms with Crippen LogP contribution in [0.15, 0.2) is 35.3 Å². The van der Waals surface area contributed by atoms with Crippen LogP contribution in [-0.2, 0) is 4.74 Å². The number of rotatable bonds is 7. The Morgan fingerprint density at radius 1 is 1.20 bits per heavy atom. The number of likely N-dealkylation sites (N-methyl/N-ethyl adjacent to an activating group) is 1. The molecule has 2 rings (SSSR count). The first-order valence-electron chi connectivity index (χ1n) is 8.54. The molecule has 6 nitrogen and oxygen atoms in total. The Labute approximate surface area is 168 Å². The first kappa shape index (κ1) is 22.0. The monoisotopic (exact) mass is 462 g/mol. The lowest BCUT2D eigenvalue weighted by atomic mass is 9.88. The second-order valence-electron chi connectivity index (χ2n) is 6.25. The molecule has 1 saturated heterocycles. The topological polar surface area (TPSA) is 58.1 Å². The summed E-state index contributed by atoms with van der Waals surface area (Å²) >= 11 is 0. The van der Waals surface area contributed by atoms with Crippen LogP contribution in [0.1, 0.15) is 12.8 Å². The molecular weight excluding hydrogens is 431 g/mol. The summed E-state index contributed by atoms with van der Waals surface area (Å²) in [6, 6.07) is 9.83. The van der Waals surface area contributed by atoms with Gasteiger partial charge >= 0.3 is 0 Å². The predicted octanol–water partition coefficient (Wildman–Crippen LogP) is 1.96. The second kappa shape index (κ2) is 11.5. The molecule has 1 aliphatic rings. The third kappa shape index (κ3) is 6.99. The van der Waals surface area contributed by atoms with E-state index in [0.29, 0.717) is 13.2 Å². The molecule has 1 aromatic carbocycles. The van der Waals surface area contributed by atoms with Gasteiger partial charge in [-0.05, 0) is 39.1 Å². The van der Waals surface area contributed by atoms with Crippen molar-refractivity contribution in [2.75, 3.05) is 54.1 Å². The van der Waals surface area contributed by atoms with Crippen LogP contribution in [0.3, 0.4) is 0 Å². The van der Waals surface area contributed by atoms with Crippen molar-refractivity contribution < 1.29 is 9.47 Å². The number of ether oxygens (including phenoxy) is 2. The lowest BCUT2D eigenvalue weighted by Gasteiger charge is -2.43. The average molecular weight is 462 g/mol. The maximum absolute atomic E-state index is 5.68. The van der Waals surface area contributed by atoms with Crippen LogP contribution >= 0.6 is 24.0 Å². The number of hydrogen-bond donors (Lipinski definition) is 2. The molecule has 25 heavy (non-hydrogen) atoms. The standard InChI is InChI=1S/C18H30N4O2.HI/c1-19-17(20-11-14-24-16-7-5-4-6-8-16)21-15-18(22(2)3)9-12-23-13-10-18;/h4-8H,9-15H2,1-3H3,(H2,19,20,21);1H. The van der Waals surface area contributed by atoms with E-state index in [0.717, 1.165) is 44.3 Å². The van der Waals surface area contributed by atoms with Crippen molar-refractivity contribution in [2.45, 2.75) is 18.4 Å². The molecule has 0 saturated carbocycles. The molecule has 0 atom stereocenters. The minimum atomic E-state index is 0. The highest BCUT2D eigenvalue weighted by molar-refractivity contribution is 14.0. The van der Waals surface area contributed by atoms with E-state index >= 15 is 0 Å². The van der Waals surface area contributed by atoms with Gasteiger partial charge in [-0.25, -0.2) is 0 Å². The summed E-state index contributed by atoms with van der Waals surface area (Å²) in [6.45, 7) is 3.78. The Hall–Kier alpha value is -1.06. The average Bonchev–Trinajstić information content (AvgIpc) is 2.62. The quantitative estimate of drug-likeness (QED) is 0.281. The minimum absolute atomic E-state index is 0. The normalized spacial score (nSPS) is 16.9. The predicted molar refractivity (Wildman–Crippen MR) is 113 cm³/mol. The number of halogens is 1. The number of nitrogens with one attached hydrogen (secondary N) is 2. The van der Waals surface area contributed by atoms with Gasteiger partial charge in [-0.2, -0.15) is 0 Å². The van der Waals surface area contributed by atoms with Crippen molar-refractivity contribution in [1.29, 1.82) is 0 Å². The van der Waals surface area contributed by atoms with Crippen LogP contribution in [0.4, 0.5) is 0 Å². The molecule has 1 heterocycles. The first-order valence-corrected chi connectivity index (χ1v) is 8.54. The highest BCUT2D eigenvalue weighted by Crippen LogP contribution is 2.24. The zero-order valence-electron chi connectivity index (χ0n) is 15.5. The molecule has 0 aliphatic carbocycles. The number of hydrogen-bond acceptors (Lipinski definition) is 4. The van der Waals surface area contributed by atoms with Gasteiger partial charge < -0.3 is 25.0 Å². The Balaban J connectivity index is 0.00000312. The molecule has 1 fully saturated rings. The van der Waals surface area contributed by atoms with Crippen LogP contribution in [0.5, 0.6) is 5.75 Å². The Morgan fingerprint density at radius 3 is 2.48 bits per heavy atom. The van der Waals surface area contributed by atoms with E-state index in [1.807, 2.05) is 30.3 Å². The molecule has 1 aliphatic heterocycles. The van der Waals surface area contributed by atoms with Crippen molar-refractivity contribution in [3.63, 3.8) is 0 Å². The van der Waals surface area contributed by atoms with Crippen LogP contribution in [-0.4, -0.2) is 70.5 Å². The lowest BCUT2D eigenvalue weighted by Crippen LogP contribution is -2.57. The van der Waals surface area contributed by atoms with E-state index in [-0.39, 0.29) is 29.5 Å². The van der Waals surface area contributed by atoms with Crippen LogP contribution in [0.25, 0.3) is 0 Å². The van der Waals surface area contributed by atoms with E-state index in [1.165, 1.54) is 0 Å². The molecule has 0 spiro atoms. The van der Waals surface area contributed by atoms with E-state index in [9.17, 15) is 0 Å². The second-order valence-corrected chi connectivity index (χ2v) is 6.25. The molecule has 0 aromatic heterocycles. The molecule has 1 aromatic rings. The van der Waals surface area contributed by atoms with Crippen molar-refractivity contribution in [1.82, 2.24) is 15.5 Å². The minimum Gasteiger partial charge on any atom is -0.492 e. The van der Waals surface area contributed by atoms with E-state index < -0.39 is 0 Å². The molecule has 2 N–H and O–H groups in total. The van der Waals surface area contributed by atoms with Gasteiger partial charge in [0.05, 0.1) is 6.54 Å². The third-order valence-electron chi connectivity index (χ3n) is 4.59. The first-order chi connectivity index (χ1) is 11.7. The van der Waals surface area contributed by atoms with Gasteiger partial charge in [-0.3, -0.25) is 4.99 Å². The summed E-state index contributed by atoms with van der Waals surface area (Å²) in [5.41, 5.74) is 0.121. The molecular formula is C18H31IN4O2. The van der Waals surface area contributed by atoms with E-state index in [2.05, 4.69) is 34.6 Å². The maximum atomic E-state index is 5.68. The Bertz CT molecular complexity index is 505. The summed E-state index contributed by atoms with van der Waals surface area (Å²) < 4.78 is 11.2. The Morgan fingerprint density at radius 2 is 1.88 bits per heavy atom. The highest BCUT2D eigenvalue weighted by Gasteiger charge is 2.34. The van der Waals surface area contributed by atoms with Gasteiger partial charge in [-0.15, -0.1) is 24.0 Å². The zero-order valence-corrected chi connectivity index (χ0v) is 17.8. The van der Waals surface area contributed by atoms with Crippen molar-refractivity contribution in [3.8, 4) is 5.75 Å². The van der Waals surface area contributed by atoms with Crippen molar-refractivity contribution in [2.24, 2.45) is 4.99 Å². The Kier molecular flexibility index (Phi) is 10.1. The van der Waals surface area contributed by atoms with Gasteiger partial charge in [0, 0.05) is 32.3 Å². The SMILES string of the molecule is CN=C(NCCOc1ccccc1)NCC1(N(C)C)CCOCC1.I. The summed E-state index contributed by atoms with van der Waals surface area (Å²) in [7, 11) is 6.06. The van der Waals surface area contributed by atoms with Gasteiger partial charge in [0.1, 0.15) is 12.4 Å². The van der Waals surface area contributed by atoms with Crippen molar-refractivity contribution in [3.05, 3.63) is 30.3 Å². The van der Waals surface area contributed by atoms with E-state index in [4.69, 9.17) is 9.47 Å². The van der Waals surface area contributed by atoms with E-state index in [1.54, 1.807) is 7.05 Å². The largest absolute Gasteiger partial charge is 0.492 e. The molecule has 7 heteroatoms. The molecule has 142 valence electrons. The number of guanidine groups is 1. The number of para-hydroxylation sites is 1. The lowest BCUT2D eigenvalue weighted by molar-refractivity contribution is -0.00501. The van der Waals surface area contributed by atoms with Gasteiger partial charge in [0.15, 0.2) is 5.96 Å². The maximum Gasteiger partial charge on any atom is 0.191 e. The fourth-order valence-corrected chi connectivity index (χ4v) is 2.86. The summed E-state index contributed by atoms with van der Waals surface area (Å²) in [5, 5.41) is 6.75. The smallest absolute Gasteiger partial charge is 0.191 e. The van der Waals surface area contributed by atoms with Crippen molar-refractivity contribution >= 4 is 29.9 Å². The fraction of sp³-hybridized carbons (Fsp3) is 0.611. The number of benzene rings is 1. The zero-order chi connectivity index (χ0) is 17.3. The fourth-order valence-electron chi connectivity index (χ4n) is 2.86. The molecule has 0 amide bonds.